The molecule has 0 atom stereocenters. The van der Waals surface area contributed by atoms with Gasteiger partial charge in [0.15, 0.2) is 0 Å². The highest BCUT2D eigenvalue weighted by Gasteiger charge is 2.25. The van der Waals surface area contributed by atoms with Crippen LogP contribution in [0.4, 0.5) is 17.1 Å². The van der Waals surface area contributed by atoms with E-state index in [4.69, 9.17) is 9.47 Å². The van der Waals surface area contributed by atoms with Crippen molar-refractivity contribution >= 4 is 33.0 Å². The summed E-state index contributed by atoms with van der Waals surface area (Å²) in [5.74, 6) is -0.0123. The largest absolute Gasteiger partial charge is 0.497 e. The van der Waals surface area contributed by atoms with Crippen molar-refractivity contribution in [3.8, 4) is 11.5 Å². The fourth-order valence-corrected chi connectivity index (χ4v) is 3.51. The van der Waals surface area contributed by atoms with E-state index in [1.54, 1.807) is 6.07 Å². The first-order valence-electron chi connectivity index (χ1n) is 8.32. The molecule has 1 N–H and O–H groups in total. The molecule has 0 aromatic heterocycles. The van der Waals surface area contributed by atoms with Crippen molar-refractivity contribution in [2.24, 2.45) is 0 Å². The molecule has 0 aliphatic rings. The van der Waals surface area contributed by atoms with Gasteiger partial charge in [0.05, 0.1) is 42.3 Å². The van der Waals surface area contributed by atoms with E-state index in [1.165, 1.54) is 51.5 Å². The maximum absolute atomic E-state index is 12.5. The minimum Gasteiger partial charge on any atom is -0.497 e. The number of nitro benzene ring substituents is 1. The number of methoxy groups -OCH3 is 2. The van der Waals surface area contributed by atoms with Crippen LogP contribution in [0.3, 0.4) is 0 Å². The number of nitrogens with zero attached hydrogens (tertiary/aromatic N) is 2. The van der Waals surface area contributed by atoms with Crippen LogP contribution in [-0.2, 0) is 14.8 Å². The van der Waals surface area contributed by atoms with Crippen LogP contribution in [0.2, 0.25) is 0 Å². The third-order valence-corrected chi connectivity index (χ3v) is 5.25. The number of carbonyl (C=O) groups is 1. The zero-order valence-corrected chi connectivity index (χ0v) is 17.1. The molecule has 0 unspecified atom stereocenters. The highest BCUT2D eigenvalue weighted by atomic mass is 32.2. The van der Waals surface area contributed by atoms with Crippen molar-refractivity contribution in [2.75, 3.05) is 36.6 Å². The summed E-state index contributed by atoms with van der Waals surface area (Å²) >= 11 is 0. The van der Waals surface area contributed by atoms with E-state index in [2.05, 4.69) is 5.32 Å². The van der Waals surface area contributed by atoms with Gasteiger partial charge in [-0.05, 0) is 25.1 Å². The van der Waals surface area contributed by atoms with E-state index in [0.29, 0.717) is 5.75 Å². The summed E-state index contributed by atoms with van der Waals surface area (Å²) in [4.78, 5) is 23.0. The molecule has 2 aromatic carbocycles. The number of sulfonamides is 1. The first kappa shape index (κ1) is 22.0. The number of carbonyl (C=O) groups excluding carboxylic acids is 1. The molecule has 156 valence electrons. The number of anilines is 2. The highest BCUT2D eigenvalue weighted by Crippen LogP contribution is 2.33. The number of hydrogen-bond donors (Lipinski definition) is 1. The van der Waals surface area contributed by atoms with Gasteiger partial charge in [0.1, 0.15) is 18.0 Å². The molecule has 10 nitrogen and oxygen atoms in total. The average molecular weight is 423 g/mol. The van der Waals surface area contributed by atoms with Gasteiger partial charge in [-0.3, -0.25) is 19.2 Å². The van der Waals surface area contributed by atoms with Gasteiger partial charge < -0.3 is 14.8 Å². The van der Waals surface area contributed by atoms with Gasteiger partial charge in [-0.2, -0.15) is 0 Å². The molecule has 0 fully saturated rings. The molecule has 11 heteroatoms. The van der Waals surface area contributed by atoms with Gasteiger partial charge in [-0.15, -0.1) is 0 Å². The van der Waals surface area contributed by atoms with Crippen molar-refractivity contribution in [3.05, 3.63) is 52.1 Å². The van der Waals surface area contributed by atoms with Crippen LogP contribution in [0.5, 0.6) is 11.5 Å². The van der Waals surface area contributed by atoms with E-state index in [9.17, 15) is 23.3 Å². The Labute approximate surface area is 168 Å². The lowest BCUT2D eigenvalue weighted by Crippen LogP contribution is -2.37. The Bertz CT molecular complexity index is 1040. The van der Waals surface area contributed by atoms with Gasteiger partial charge >= 0.3 is 0 Å². The molecule has 1 amide bonds. The molecule has 0 bridgehead atoms. The first-order valence-corrected chi connectivity index (χ1v) is 10.2. The normalized spacial score (nSPS) is 10.9. The molecular formula is C18H21N3O7S. The van der Waals surface area contributed by atoms with Crippen LogP contribution >= 0.6 is 0 Å². The van der Waals surface area contributed by atoms with E-state index in [0.717, 1.165) is 10.6 Å². The quantitative estimate of drug-likeness (QED) is 0.510. The second-order valence-corrected chi connectivity index (χ2v) is 7.97. The summed E-state index contributed by atoms with van der Waals surface area (Å²) < 4.78 is 35.9. The van der Waals surface area contributed by atoms with Crippen LogP contribution in [0.25, 0.3) is 0 Å². The average Bonchev–Trinajstić information content (AvgIpc) is 2.66. The number of hydrogen-bond acceptors (Lipinski definition) is 7. The standard InChI is InChI=1S/C18H21N3O7S/c1-12-14(6-5-7-15(12)21(23)24)19-18(22)11-20(29(4,25)26)16-9-8-13(27-2)10-17(16)28-3/h5-10H,11H2,1-4H3,(H,19,22). The number of benzene rings is 2. The maximum Gasteiger partial charge on any atom is 0.274 e. The lowest BCUT2D eigenvalue weighted by atomic mass is 10.1. The minimum absolute atomic E-state index is 0.153. The monoisotopic (exact) mass is 423 g/mol. The molecule has 0 saturated heterocycles. The van der Waals surface area contributed by atoms with Crippen LogP contribution in [0.15, 0.2) is 36.4 Å². The lowest BCUT2D eigenvalue weighted by Gasteiger charge is -2.24. The van der Waals surface area contributed by atoms with E-state index < -0.39 is 27.4 Å². The fraction of sp³-hybridized carbons (Fsp3) is 0.278. The molecule has 0 saturated carbocycles. The molecule has 2 aromatic rings. The molecule has 0 radical (unpaired) electrons. The van der Waals surface area contributed by atoms with Crippen molar-refractivity contribution in [1.82, 2.24) is 0 Å². The van der Waals surface area contributed by atoms with Gasteiger partial charge in [0.2, 0.25) is 15.9 Å². The predicted octanol–water partition coefficient (Wildman–Crippen LogP) is 2.33. The molecular weight excluding hydrogens is 402 g/mol. The number of rotatable bonds is 8. The summed E-state index contributed by atoms with van der Waals surface area (Å²) in [6.45, 7) is 0.943. The number of ether oxygens (including phenoxy) is 2. The first-order chi connectivity index (χ1) is 13.6. The Balaban J connectivity index is 2.35. The molecule has 0 aliphatic heterocycles. The predicted molar refractivity (Wildman–Crippen MR) is 108 cm³/mol. The molecule has 2 rings (SSSR count). The summed E-state index contributed by atoms with van der Waals surface area (Å²) in [6, 6.07) is 8.75. The van der Waals surface area contributed by atoms with Crippen LogP contribution in [-0.4, -0.2) is 46.3 Å². The van der Waals surface area contributed by atoms with Crippen molar-refractivity contribution in [1.29, 1.82) is 0 Å². The van der Waals surface area contributed by atoms with Gasteiger partial charge in [-0.25, -0.2) is 8.42 Å². The third kappa shape index (κ3) is 5.13. The van der Waals surface area contributed by atoms with Gasteiger partial charge in [-0.1, -0.05) is 6.07 Å². The molecule has 0 heterocycles. The second kappa shape index (κ2) is 8.78. The second-order valence-electron chi connectivity index (χ2n) is 6.06. The van der Waals surface area contributed by atoms with Crippen LogP contribution in [0, 0.1) is 17.0 Å². The topological polar surface area (TPSA) is 128 Å². The SMILES string of the molecule is COc1ccc(N(CC(=O)Nc2cccc([N+](=O)[O-])c2C)S(C)(=O)=O)c(OC)c1. The fourth-order valence-electron chi connectivity index (χ4n) is 2.65. The zero-order chi connectivity index (χ0) is 21.8. The number of nitro groups is 1. The smallest absolute Gasteiger partial charge is 0.274 e. The summed E-state index contributed by atoms with van der Waals surface area (Å²) in [5, 5.41) is 13.6. The molecule has 0 aliphatic carbocycles. The Morgan fingerprint density at radius 2 is 1.90 bits per heavy atom. The Morgan fingerprint density at radius 3 is 2.45 bits per heavy atom. The lowest BCUT2D eigenvalue weighted by molar-refractivity contribution is -0.385. The highest BCUT2D eigenvalue weighted by molar-refractivity contribution is 7.92. The zero-order valence-electron chi connectivity index (χ0n) is 16.3. The van der Waals surface area contributed by atoms with Gasteiger partial charge in [0, 0.05) is 12.1 Å². The van der Waals surface area contributed by atoms with Crippen LogP contribution < -0.4 is 19.1 Å². The van der Waals surface area contributed by atoms with Gasteiger partial charge in [0.25, 0.3) is 5.69 Å². The number of amides is 1. The summed E-state index contributed by atoms with van der Waals surface area (Å²) in [7, 11) is -1.02. The molecule has 0 spiro atoms. The summed E-state index contributed by atoms with van der Waals surface area (Å²) in [5.41, 5.74) is 0.486. The maximum atomic E-state index is 12.5. The third-order valence-electron chi connectivity index (χ3n) is 4.12. The minimum atomic E-state index is -3.85. The van der Waals surface area contributed by atoms with Crippen LogP contribution in [0.1, 0.15) is 5.56 Å². The number of nitrogens with one attached hydrogen (secondary N) is 1. The van der Waals surface area contributed by atoms with Crippen molar-refractivity contribution in [3.63, 3.8) is 0 Å². The van der Waals surface area contributed by atoms with E-state index in [1.807, 2.05) is 0 Å². The van der Waals surface area contributed by atoms with E-state index >= 15 is 0 Å². The Morgan fingerprint density at radius 1 is 1.21 bits per heavy atom. The Hall–Kier alpha value is -3.34. The molecule has 29 heavy (non-hydrogen) atoms. The van der Waals surface area contributed by atoms with Crippen molar-refractivity contribution < 1.29 is 27.6 Å². The summed E-state index contributed by atoms with van der Waals surface area (Å²) in [6.07, 6.45) is 0.961. The van der Waals surface area contributed by atoms with E-state index in [-0.39, 0.29) is 28.4 Å². The van der Waals surface area contributed by atoms with Crippen molar-refractivity contribution in [2.45, 2.75) is 6.92 Å². The Kier molecular flexibility index (Phi) is 6.64.